The first kappa shape index (κ1) is 23.1. The predicted molar refractivity (Wildman–Crippen MR) is 136 cm³/mol. The Morgan fingerprint density at radius 2 is 1.74 bits per heavy atom. The fourth-order valence-electron chi connectivity index (χ4n) is 3.91. The normalized spacial score (nSPS) is 11.2. The van der Waals surface area contributed by atoms with E-state index in [-0.39, 0.29) is 12.5 Å². The fourth-order valence-corrected chi connectivity index (χ4v) is 4.73. The van der Waals surface area contributed by atoms with Crippen LogP contribution in [0.1, 0.15) is 15.9 Å². The Morgan fingerprint density at radius 3 is 2.32 bits per heavy atom. The summed E-state index contributed by atoms with van der Waals surface area (Å²) >= 11 is 0. The summed E-state index contributed by atoms with van der Waals surface area (Å²) in [6.07, 6.45) is 6.62. The van der Waals surface area contributed by atoms with Gasteiger partial charge in [-0.15, -0.1) is 6.42 Å². The van der Waals surface area contributed by atoms with Crippen LogP contribution in [0, 0.1) is 19.3 Å². The third-order valence-corrected chi connectivity index (χ3v) is 6.69. The second kappa shape index (κ2) is 9.08. The number of nitrogens with zero attached hydrogens (tertiary/aromatic N) is 1. The minimum absolute atomic E-state index is 0.141. The van der Waals surface area contributed by atoms with Gasteiger partial charge in [-0.25, -0.2) is 8.42 Å². The van der Waals surface area contributed by atoms with Crippen LogP contribution in [0.15, 0.2) is 71.1 Å². The first-order valence-electron chi connectivity index (χ1n) is 10.6. The van der Waals surface area contributed by atoms with Crippen molar-refractivity contribution in [2.45, 2.75) is 6.92 Å². The molecule has 34 heavy (non-hydrogen) atoms. The highest BCUT2D eigenvalue weighted by Crippen LogP contribution is 2.41. The Bertz CT molecular complexity index is 1510. The van der Waals surface area contributed by atoms with Gasteiger partial charge in [0.05, 0.1) is 24.1 Å². The number of fused-ring (bicyclic) bond motifs is 1. The van der Waals surface area contributed by atoms with Gasteiger partial charge in [0.2, 0.25) is 10.0 Å². The van der Waals surface area contributed by atoms with Crippen LogP contribution in [0.3, 0.4) is 0 Å². The van der Waals surface area contributed by atoms with E-state index in [9.17, 15) is 13.2 Å². The Morgan fingerprint density at radius 1 is 1.06 bits per heavy atom. The molecule has 3 aromatic carbocycles. The SMILES string of the molecule is C#CCN(c1cc2oc(-c3ccc(C)cc3)c(C(=O)NC)c2cc1-c1ccccc1)S(C)(=O)=O. The molecule has 0 fully saturated rings. The summed E-state index contributed by atoms with van der Waals surface area (Å²) in [4.78, 5) is 13.0. The molecule has 0 saturated heterocycles. The van der Waals surface area contributed by atoms with Gasteiger partial charge < -0.3 is 9.73 Å². The summed E-state index contributed by atoms with van der Waals surface area (Å²) in [5.74, 6) is 2.54. The molecule has 0 saturated carbocycles. The van der Waals surface area contributed by atoms with E-state index in [1.54, 1.807) is 19.2 Å². The highest BCUT2D eigenvalue weighted by atomic mass is 32.2. The van der Waals surface area contributed by atoms with E-state index in [0.29, 0.717) is 33.5 Å². The summed E-state index contributed by atoms with van der Waals surface area (Å²) in [6.45, 7) is 1.84. The lowest BCUT2D eigenvalue weighted by Gasteiger charge is -2.23. The Kier molecular flexibility index (Phi) is 6.18. The molecule has 0 bridgehead atoms. The lowest BCUT2D eigenvalue weighted by Crippen LogP contribution is -2.30. The number of aryl methyl sites for hydroxylation is 1. The highest BCUT2D eigenvalue weighted by Gasteiger charge is 2.26. The summed E-state index contributed by atoms with van der Waals surface area (Å²) in [6, 6.07) is 20.4. The second-order valence-corrected chi connectivity index (χ2v) is 9.86. The molecular formula is C27H24N2O4S. The van der Waals surface area contributed by atoms with Gasteiger partial charge in [-0.2, -0.15) is 0 Å². The van der Waals surface area contributed by atoms with E-state index < -0.39 is 10.0 Å². The monoisotopic (exact) mass is 472 g/mol. The molecule has 1 amide bonds. The number of sulfonamides is 1. The topological polar surface area (TPSA) is 79.6 Å². The highest BCUT2D eigenvalue weighted by molar-refractivity contribution is 7.92. The number of amides is 1. The molecule has 6 nitrogen and oxygen atoms in total. The Labute approximate surface area is 199 Å². The minimum Gasteiger partial charge on any atom is -0.455 e. The van der Waals surface area contributed by atoms with E-state index in [1.807, 2.05) is 61.5 Å². The zero-order chi connectivity index (χ0) is 24.5. The van der Waals surface area contributed by atoms with Crippen LogP contribution in [0.5, 0.6) is 0 Å². The van der Waals surface area contributed by atoms with Crippen molar-refractivity contribution in [1.29, 1.82) is 0 Å². The maximum absolute atomic E-state index is 13.0. The maximum Gasteiger partial charge on any atom is 0.255 e. The third-order valence-electron chi connectivity index (χ3n) is 5.56. The van der Waals surface area contributed by atoms with E-state index in [4.69, 9.17) is 10.8 Å². The van der Waals surface area contributed by atoms with Crippen molar-refractivity contribution in [2.75, 3.05) is 24.2 Å². The van der Waals surface area contributed by atoms with Crippen molar-refractivity contribution in [2.24, 2.45) is 0 Å². The lowest BCUT2D eigenvalue weighted by molar-refractivity contribution is 0.0964. The van der Waals surface area contributed by atoms with Crippen LogP contribution in [0.2, 0.25) is 0 Å². The number of rotatable bonds is 6. The van der Waals surface area contributed by atoms with E-state index in [1.165, 1.54) is 4.31 Å². The van der Waals surface area contributed by atoms with Crippen molar-refractivity contribution in [3.63, 3.8) is 0 Å². The van der Waals surface area contributed by atoms with Gasteiger partial charge in [-0.1, -0.05) is 66.1 Å². The zero-order valence-corrected chi connectivity index (χ0v) is 19.9. The fraction of sp³-hybridized carbons (Fsp3) is 0.148. The number of terminal acetylenes is 1. The van der Waals surface area contributed by atoms with Crippen molar-refractivity contribution < 1.29 is 17.6 Å². The predicted octanol–water partition coefficient (Wildman–Crippen LogP) is 4.83. The molecule has 0 unspecified atom stereocenters. The lowest BCUT2D eigenvalue weighted by atomic mass is 9.98. The van der Waals surface area contributed by atoms with Gasteiger partial charge in [0.25, 0.3) is 5.91 Å². The summed E-state index contributed by atoms with van der Waals surface area (Å²) < 4.78 is 32.7. The molecule has 7 heteroatoms. The van der Waals surface area contributed by atoms with Crippen LogP contribution in [-0.4, -0.2) is 34.2 Å². The van der Waals surface area contributed by atoms with Gasteiger partial charge >= 0.3 is 0 Å². The quantitative estimate of drug-likeness (QED) is 0.408. The number of nitrogens with one attached hydrogen (secondary N) is 1. The molecule has 4 aromatic rings. The number of anilines is 1. The van der Waals surface area contributed by atoms with Gasteiger partial charge in [0.15, 0.2) is 0 Å². The van der Waals surface area contributed by atoms with E-state index >= 15 is 0 Å². The average molecular weight is 473 g/mol. The average Bonchev–Trinajstić information content (AvgIpc) is 3.20. The molecule has 1 heterocycles. The molecule has 0 aliphatic carbocycles. The molecule has 4 rings (SSSR count). The molecule has 1 N–H and O–H groups in total. The van der Waals surface area contributed by atoms with Crippen LogP contribution in [-0.2, 0) is 10.0 Å². The Balaban J connectivity index is 2.10. The molecule has 0 aliphatic heterocycles. The number of furan rings is 1. The smallest absolute Gasteiger partial charge is 0.255 e. The summed E-state index contributed by atoms with van der Waals surface area (Å²) in [5.41, 5.74) is 4.37. The standard InChI is InChI=1S/C27H24N2O4S/c1-5-15-29(34(4,31)32)23-17-24-22(16-21(23)19-9-7-6-8-10-19)25(27(30)28-3)26(33-24)20-13-11-18(2)12-14-20/h1,6-14,16-17H,15H2,2-4H3,(H,28,30). The van der Waals surface area contributed by atoms with Crippen molar-refractivity contribution in [3.05, 3.63) is 77.9 Å². The minimum atomic E-state index is -3.69. The molecule has 172 valence electrons. The number of carbonyl (C=O) groups is 1. The van der Waals surface area contributed by atoms with Crippen LogP contribution < -0.4 is 9.62 Å². The number of hydrogen-bond acceptors (Lipinski definition) is 4. The number of benzene rings is 3. The molecule has 1 aromatic heterocycles. The first-order chi connectivity index (χ1) is 16.2. The van der Waals surface area contributed by atoms with Crippen LogP contribution >= 0.6 is 0 Å². The van der Waals surface area contributed by atoms with E-state index in [0.717, 1.165) is 22.9 Å². The van der Waals surface area contributed by atoms with Gasteiger partial charge in [0, 0.05) is 29.6 Å². The molecule has 0 atom stereocenters. The molecule has 0 aliphatic rings. The summed E-state index contributed by atoms with van der Waals surface area (Å²) in [7, 11) is -2.13. The molecule has 0 spiro atoms. The van der Waals surface area contributed by atoms with E-state index in [2.05, 4.69) is 11.2 Å². The van der Waals surface area contributed by atoms with Gasteiger partial charge in [-0.05, 0) is 18.6 Å². The Hall–Kier alpha value is -4.02. The largest absolute Gasteiger partial charge is 0.455 e. The number of hydrogen-bond donors (Lipinski definition) is 1. The van der Waals surface area contributed by atoms with Crippen LogP contribution in [0.4, 0.5) is 5.69 Å². The first-order valence-corrected chi connectivity index (χ1v) is 12.5. The van der Waals surface area contributed by atoms with Crippen molar-refractivity contribution in [1.82, 2.24) is 5.32 Å². The number of carbonyl (C=O) groups excluding carboxylic acids is 1. The van der Waals surface area contributed by atoms with Gasteiger partial charge in [-0.3, -0.25) is 9.10 Å². The zero-order valence-electron chi connectivity index (χ0n) is 19.1. The van der Waals surface area contributed by atoms with Crippen LogP contribution in [0.25, 0.3) is 33.4 Å². The molecule has 0 radical (unpaired) electrons. The molecular weight excluding hydrogens is 448 g/mol. The van der Waals surface area contributed by atoms with Crippen molar-refractivity contribution in [3.8, 4) is 34.8 Å². The third kappa shape index (κ3) is 4.28. The second-order valence-electron chi connectivity index (χ2n) is 7.96. The van der Waals surface area contributed by atoms with Gasteiger partial charge in [0.1, 0.15) is 11.3 Å². The maximum atomic E-state index is 13.0. The van der Waals surface area contributed by atoms with Crippen molar-refractivity contribution >= 4 is 32.6 Å². The summed E-state index contributed by atoms with van der Waals surface area (Å²) in [5, 5.41) is 3.27.